The van der Waals surface area contributed by atoms with Crippen molar-refractivity contribution in [3.05, 3.63) is 28.8 Å². The molecule has 1 aliphatic rings. The van der Waals surface area contributed by atoms with Gasteiger partial charge in [-0.25, -0.2) is 0 Å². The first-order valence-electron chi connectivity index (χ1n) is 4.90. The van der Waals surface area contributed by atoms with Crippen LogP contribution in [0.25, 0.3) is 0 Å². The number of benzene rings is 1. The van der Waals surface area contributed by atoms with Crippen LogP contribution in [0.5, 0.6) is 0 Å². The SMILES string of the molecule is Cc1cccc(Cl)c1NC1=NCC(C)S1. The predicted molar refractivity (Wildman–Crippen MR) is 69.2 cm³/mol. The second-order valence-electron chi connectivity index (χ2n) is 3.63. The van der Waals surface area contributed by atoms with Gasteiger partial charge in [-0.1, -0.05) is 42.4 Å². The van der Waals surface area contributed by atoms with E-state index in [2.05, 4.69) is 17.2 Å². The first-order valence-corrected chi connectivity index (χ1v) is 6.16. The molecular formula is C11H13ClN2S. The molecule has 1 aromatic carbocycles. The zero-order valence-corrected chi connectivity index (χ0v) is 10.3. The molecule has 1 heterocycles. The van der Waals surface area contributed by atoms with Crippen LogP contribution in [0.4, 0.5) is 5.69 Å². The number of aliphatic imine (C=N–C) groups is 1. The summed E-state index contributed by atoms with van der Waals surface area (Å²) < 4.78 is 0. The van der Waals surface area contributed by atoms with Gasteiger partial charge >= 0.3 is 0 Å². The first kappa shape index (κ1) is 10.8. The van der Waals surface area contributed by atoms with Crippen molar-refractivity contribution >= 4 is 34.2 Å². The Labute approximate surface area is 99.1 Å². The van der Waals surface area contributed by atoms with Gasteiger partial charge in [-0.2, -0.15) is 0 Å². The van der Waals surface area contributed by atoms with Crippen LogP contribution in [0.3, 0.4) is 0 Å². The smallest absolute Gasteiger partial charge is 0.161 e. The molecule has 0 saturated heterocycles. The van der Waals surface area contributed by atoms with Crippen LogP contribution >= 0.6 is 23.4 Å². The second-order valence-corrected chi connectivity index (χ2v) is 5.47. The molecular weight excluding hydrogens is 228 g/mol. The minimum absolute atomic E-state index is 0.565. The molecule has 1 aromatic rings. The molecule has 0 amide bonds. The maximum Gasteiger partial charge on any atom is 0.161 e. The standard InChI is InChI=1S/C11H13ClN2S/c1-7-4-3-5-9(12)10(7)14-11-13-6-8(2)15-11/h3-5,8H,6H2,1-2H3,(H,13,14). The number of amidine groups is 1. The molecule has 1 unspecified atom stereocenters. The number of aryl methyl sites for hydroxylation is 1. The van der Waals surface area contributed by atoms with Crippen molar-refractivity contribution in [3.63, 3.8) is 0 Å². The van der Waals surface area contributed by atoms with Crippen molar-refractivity contribution in [1.82, 2.24) is 0 Å². The Morgan fingerprint density at radius 1 is 1.53 bits per heavy atom. The largest absolute Gasteiger partial charge is 0.334 e. The topological polar surface area (TPSA) is 24.4 Å². The molecule has 1 aliphatic heterocycles. The number of rotatable bonds is 1. The van der Waals surface area contributed by atoms with Crippen molar-refractivity contribution < 1.29 is 0 Å². The van der Waals surface area contributed by atoms with Crippen LogP contribution < -0.4 is 5.32 Å². The third-order valence-electron chi connectivity index (χ3n) is 2.26. The Balaban J connectivity index is 2.18. The summed E-state index contributed by atoms with van der Waals surface area (Å²) in [6.07, 6.45) is 0. The lowest BCUT2D eigenvalue weighted by molar-refractivity contribution is 0.976. The summed E-state index contributed by atoms with van der Waals surface area (Å²) in [5.74, 6) is 0. The van der Waals surface area contributed by atoms with Gasteiger partial charge in [-0.05, 0) is 18.6 Å². The fourth-order valence-electron chi connectivity index (χ4n) is 1.44. The van der Waals surface area contributed by atoms with Gasteiger partial charge in [-0.3, -0.25) is 4.99 Å². The second kappa shape index (κ2) is 4.45. The number of thioether (sulfide) groups is 1. The Bertz CT molecular complexity index is 383. The van der Waals surface area contributed by atoms with E-state index in [1.165, 1.54) is 0 Å². The predicted octanol–water partition coefficient (Wildman–Crippen LogP) is 3.55. The molecule has 0 aromatic heterocycles. The van der Waals surface area contributed by atoms with E-state index in [1.54, 1.807) is 11.8 Å². The lowest BCUT2D eigenvalue weighted by Gasteiger charge is -2.10. The highest BCUT2D eigenvalue weighted by atomic mass is 35.5. The van der Waals surface area contributed by atoms with E-state index in [1.807, 2.05) is 25.1 Å². The van der Waals surface area contributed by atoms with E-state index in [0.29, 0.717) is 5.25 Å². The zero-order chi connectivity index (χ0) is 10.8. The average molecular weight is 241 g/mol. The van der Waals surface area contributed by atoms with Gasteiger partial charge in [0.05, 0.1) is 17.3 Å². The maximum absolute atomic E-state index is 6.12. The van der Waals surface area contributed by atoms with Crippen LogP contribution in [0.1, 0.15) is 12.5 Å². The highest BCUT2D eigenvalue weighted by Crippen LogP contribution is 2.28. The molecule has 4 heteroatoms. The fourth-order valence-corrected chi connectivity index (χ4v) is 2.55. The number of hydrogen-bond donors (Lipinski definition) is 1. The third kappa shape index (κ3) is 2.47. The molecule has 1 atom stereocenters. The highest BCUT2D eigenvalue weighted by molar-refractivity contribution is 8.15. The monoisotopic (exact) mass is 240 g/mol. The minimum atomic E-state index is 0.565. The molecule has 15 heavy (non-hydrogen) atoms. The van der Waals surface area contributed by atoms with Gasteiger partial charge in [-0.15, -0.1) is 0 Å². The summed E-state index contributed by atoms with van der Waals surface area (Å²) >= 11 is 7.88. The normalized spacial score (nSPS) is 20.2. The molecule has 80 valence electrons. The average Bonchev–Trinajstić information content (AvgIpc) is 2.58. The van der Waals surface area contributed by atoms with Gasteiger partial charge in [0.15, 0.2) is 5.17 Å². The molecule has 0 saturated carbocycles. The molecule has 0 bridgehead atoms. The number of nitrogens with zero attached hydrogens (tertiary/aromatic N) is 1. The molecule has 0 spiro atoms. The first-order chi connectivity index (χ1) is 7.16. The van der Waals surface area contributed by atoms with E-state index in [4.69, 9.17) is 11.6 Å². The molecule has 0 fully saturated rings. The van der Waals surface area contributed by atoms with Crippen molar-refractivity contribution in [3.8, 4) is 0 Å². The van der Waals surface area contributed by atoms with Crippen LogP contribution in [0, 0.1) is 6.92 Å². The van der Waals surface area contributed by atoms with Crippen LogP contribution in [0.15, 0.2) is 23.2 Å². The van der Waals surface area contributed by atoms with E-state index >= 15 is 0 Å². The summed E-state index contributed by atoms with van der Waals surface area (Å²) in [4.78, 5) is 4.40. The Morgan fingerprint density at radius 3 is 2.93 bits per heavy atom. The Hall–Kier alpha value is -0.670. The molecule has 0 aliphatic carbocycles. The maximum atomic E-state index is 6.12. The number of anilines is 1. The van der Waals surface area contributed by atoms with Crippen molar-refractivity contribution in [2.75, 3.05) is 11.9 Å². The van der Waals surface area contributed by atoms with Crippen molar-refractivity contribution in [1.29, 1.82) is 0 Å². The number of nitrogens with one attached hydrogen (secondary N) is 1. The van der Waals surface area contributed by atoms with Gasteiger partial charge in [0, 0.05) is 5.25 Å². The molecule has 1 N–H and O–H groups in total. The zero-order valence-electron chi connectivity index (χ0n) is 8.75. The van der Waals surface area contributed by atoms with E-state index in [9.17, 15) is 0 Å². The van der Waals surface area contributed by atoms with Crippen LogP contribution in [-0.4, -0.2) is 17.0 Å². The van der Waals surface area contributed by atoms with Gasteiger partial charge in [0.25, 0.3) is 0 Å². The van der Waals surface area contributed by atoms with Crippen LogP contribution in [-0.2, 0) is 0 Å². The van der Waals surface area contributed by atoms with E-state index < -0.39 is 0 Å². The van der Waals surface area contributed by atoms with Crippen molar-refractivity contribution in [2.24, 2.45) is 4.99 Å². The number of halogens is 1. The molecule has 2 rings (SSSR count). The summed E-state index contributed by atoms with van der Waals surface area (Å²) in [6.45, 7) is 5.09. The summed E-state index contributed by atoms with van der Waals surface area (Å²) in [6, 6.07) is 5.88. The van der Waals surface area contributed by atoms with Gasteiger partial charge < -0.3 is 5.32 Å². The number of hydrogen-bond acceptors (Lipinski definition) is 3. The van der Waals surface area contributed by atoms with Crippen LogP contribution in [0.2, 0.25) is 5.02 Å². The summed E-state index contributed by atoms with van der Waals surface area (Å²) in [7, 11) is 0. The molecule has 2 nitrogen and oxygen atoms in total. The summed E-state index contributed by atoms with van der Waals surface area (Å²) in [5.41, 5.74) is 2.12. The van der Waals surface area contributed by atoms with Crippen molar-refractivity contribution in [2.45, 2.75) is 19.1 Å². The fraction of sp³-hybridized carbons (Fsp3) is 0.364. The van der Waals surface area contributed by atoms with E-state index in [0.717, 1.165) is 28.0 Å². The number of para-hydroxylation sites is 1. The highest BCUT2D eigenvalue weighted by Gasteiger charge is 2.16. The third-order valence-corrected chi connectivity index (χ3v) is 3.58. The Kier molecular flexibility index (Phi) is 3.22. The summed E-state index contributed by atoms with van der Waals surface area (Å²) in [5, 5.41) is 5.57. The minimum Gasteiger partial charge on any atom is -0.334 e. The lowest BCUT2D eigenvalue weighted by Crippen LogP contribution is -2.07. The van der Waals surface area contributed by atoms with E-state index in [-0.39, 0.29) is 0 Å². The Morgan fingerprint density at radius 2 is 2.33 bits per heavy atom. The quantitative estimate of drug-likeness (QED) is 0.812. The van der Waals surface area contributed by atoms with Gasteiger partial charge in [0.1, 0.15) is 0 Å². The molecule has 0 radical (unpaired) electrons. The van der Waals surface area contributed by atoms with Gasteiger partial charge in [0.2, 0.25) is 0 Å². The lowest BCUT2D eigenvalue weighted by atomic mass is 10.2.